The van der Waals surface area contributed by atoms with Gasteiger partial charge in [0, 0.05) is 30.5 Å². The molecule has 0 fully saturated rings. The summed E-state index contributed by atoms with van der Waals surface area (Å²) >= 11 is 0. The Morgan fingerprint density at radius 1 is 1.50 bits per heavy atom. The standard InChI is InChI=1S/C13H15N5/c1-9-11(8-17-18(9)2)7-16-12-4-3-10(6-14)13(15)5-12/h3-5,8,16H,7,15H2,1-2H3. The molecule has 0 bridgehead atoms. The molecular weight excluding hydrogens is 226 g/mol. The molecule has 2 aromatic rings. The lowest BCUT2D eigenvalue weighted by Crippen LogP contribution is -2.02. The van der Waals surface area contributed by atoms with Gasteiger partial charge in [-0.15, -0.1) is 0 Å². The van der Waals surface area contributed by atoms with Crippen LogP contribution in [0.2, 0.25) is 0 Å². The zero-order valence-corrected chi connectivity index (χ0v) is 10.4. The summed E-state index contributed by atoms with van der Waals surface area (Å²) in [5.74, 6) is 0. The average molecular weight is 241 g/mol. The maximum atomic E-state index is 8.79. The van der Waals surface area contributed by atoms with Crippen molar-refractivity contribution in [2.24, 2.45) is 7.05 Å². The van der Waals surface area contributed by atoms with Gasteiger partial charge in [-0.3, -0.25) is 4.68 Å². The van der Waals surface area contributed by atoms with Gasteiger partial charge in [-0.1, -0.05) is 0 Å². The number of nitrogen functional groups attached to an aromatic ring is 1. The first-order valence-electron chi connectivity index (χ1n) is 5.63. The van der Waals surface area contributed by atoms with Crippen LogP contribution in [-0.2, 0) is 13.6 Å². The van der Waals surface area contributed by atoms with E-state index in [2.05, 4.69) is 10.4 Å². The lowest BCUT2D eigenvalue weighted by atomic mass is 10.1. The van der Waals surface area contributed by atoms with E-state index in [1.807, 2.05) is 37.0 Å². The Morgan fingerprint density at radius 3 is 2.83 bits per heavy atom. The predicted octanol–water partition coefficient (Wildman–Crippen LogP) is 1.79. The number of anilines is 2. The molecule has 0 saturated heterocycles. The second-order valence-electron chi connectivity index (χ2n) is 4.15. The number of hydrogen-bond donors (Lipinski definition) is 2. The molecule has 5 nitrogen and oxygen atoms in total. The van der Waals surface area contributed by atoms with Crippen molar-refractivity contribution < 1.29 is 0 Å². The van der Waals surface area contributed by atoms with Gasteiger partial charge in [0.15, 0.2) is 0 Å². The summed E-state index contributed by atoms with van der Waals surface area (Å²) in [6.07, 6.45) is 1.84. The van der Waals surface area contributed by atoms with Crippen molar-refractivity contribution in [1.29, 1.82) is 5.26 Å². The molecule has 0 aliphatic heterocycles. The Balaban J connectivity index is 2.09. The quantitative estimate of drug-likeness (QED) is 0.803. The fourth-order valence-electron chi connectivity index (χ4n) is 1.69. The van der Waals surface area contributed by atoms with Gasteiger partial charge in [0.2, 0.25) is 0 Å². The molecule has 3 N–H and O–H groups in total. The first-order chi connectivity index (χ1) is 8.61. The number of nitrogens with one attached hydrogen (secondary N) is 1. The number of rotatable bonds is 3. The summed E-state index contributed by atoms with van der Waals surface area (Å²) in [7, 11) is 1.92. The number of nitriles is 1. The number of nitrogens with zero attached hydrogens (tertiary/aromatic N) is 3. The Hall–Kier alpha value is -2.48. The summed E-state index contributed by atoms with van der Waals surface area (Å²) in [5.41, 5.74) is 9.91. The number of aryl methyl sites for hydroxylation is 1. The molecule has 0 saturated carbocycles. The van der Waals surface area contributed by atoms with Crippen LogP contribution in [0.25, 0.3) is 0 Å². The number of benzene rings is 1. The minimum atomic E-state index is 0.491. The van der Waals surface area contributed by atoms with Crippen LogP contribution in [0.4, 0.5) is 11.4 Å². The van der Waals surface area contributed by atoms with Crippen LogP contribution < -0.4 is 11.1 Å². The Bertz CT molecular complexity index is 606. The van der Waals surface area contributed by atoms with Crippen LogP contribution in [0.5, 0.6) is 0 Å². The van der Waals surface area contributed by atoms with E-state index in [0.717, 1.165) is 16.9 Å². The van der Waals surface area contributed by atoms with Gasteiger partial charge in [0.1, 0.15) is 6.07 Å². The molecule has 0 atom stereocenters. The van der Waals surface area contributed by atoms with Gasteiger partial charge in [0.05, 0.1) is 17.4 Å². The van der Waals surface area contributed by atoms with E-state index in [9.17, 15) is 0 Å². The molecule has 0 spiro atoms. The monoisotopic (exact) mass is 241 g/mol. The molecule has 2 rings (SSSR count). The van der Waals surface area contributed by atoms with E-state index >= 15 is 0 Å². The topological polar surface area (TPSA) is 79.7 Å². The highest BCUT2D eigenvalue weighted by Crippen LogP contribution is 2.18. The molecule has 0 amide bonds. The van der Waals surface area contributed by atoms with Crippen LogP contribution in [0.3, 0.4) is 0 Å². The largest absolute Gasteiger partial charge is 0.398 e. The molecule has 5 heteroatoms. The van der Waals surface area contributed by atoms with Gasteiger partial charge in [-0.05, 0) is 25.1 Å². The first kappa shape index (κ1) is 12.0. The summed E-state index contributed by atoms with van der Waals surface area (Å²) in [6.45, 7) is 2.71. The second-order valence-corrected chi connectivity index (χ2v) is 4.15. The lowest BCUT2D eigenvalue weighted by Gasteiger charge is -2.07. The van der Waals surface area contributed by atoms with Gasteiger partial charge >= 0.3 is 0 Å². The Morgan fingerprint density at radius 2 is 2.28 bits per heavy atom. The Labute approximate surface area is 106 Å². The SMILES string of the molecule is Cc1c(CNc2ccc(C#N)c(N)c2)cnn1C. The van der Waals surface area contributed by atoms with Crippen LogP contribution in [0.1, 0.15) is 16.8 Å². The predicted molar refractivity (Wildman–Crippen MR) is 70.8 cm³/mol. The summed E-state index contributed by atoms with van der Waals surface area (Å²) < 4.78 is 1.84. The maximum absolute atomic E-state index is 8.79. The van der Waals surface area contributed by atoms with E-state index in [0.29, 0.717) is 17.8 Å². The summed E-state index contributed by atoms with van der Waals surface area (Å²) in [4.78, 5) is 0. The number of nitrogens with two attached hydrogens (primary N) is 1. The summed E-state index contributed by atoms with van der Waals surface area (Å²) in [6, 6.07) is 7.37. The van der Waals surface area contributed by atoms with Gasteiger partial charge in [-0.25, -0.2) is 0 Å². The molecule has 0 aliphatic carbocycles. The van der Waals surface area contributed by atoms with Crippen molar-refractivity contribution in [3.63, 3.8) is 0 Å². The highest BCUT2D eigenvalue weighted by Gasteiger charge is 2.04. The average Bonchev–Trinajstić information content (AvgIpc) is 2.68. The maximum Gasteiger partial charge on any atom is 0.101 e. The normalized spacial score (nSPS) is 10.1. The van der Waals surface area contributed by atoms with Gasteiger partial charge in [-0.2, -0.15) is 10.4 Å². The van der Waals surface area contributed by atoms with Crippen molar-refractivity contribution in [1.82, 2.24) is 9.78 Å². The van der Waals surface area contributed by atoms with Gasteiger partial charge in [0.25, 0.3) is 0 Å². The van der Waals surface area contributed by atoms with Crippen molar-refractivity contribution in [2.75, 3.05) is 11.1 Å². The van der Waals surface area contributed by atoms with Gasteiger partial charge < -0.3 is 11.1 Å². The minimum Gasteiger partial charge on any atom is -0.398 e. The first-order valence-corrected chi connectivity index (χ1v) is 5.63. The highest BCUT2D eigenvalue weighted by molar-refractivity contribution is 5.62. The van der Waals surface area contributed by atoms with E-state index in [4.69, 9.17) is 11.0 Å². The van der Waals surface area contributed by atoms with Crippen molar-refractivity contribution in [3.05, 3.63) is 41.2 Å². The summed E-state index contributed by atoms with van der Waals surface area (Å²) in [5, 5.41) is 16.2. The molecule has 1 aromatic heterocycles. The molecule has 1 heterocycles. The Kier molecular flexibility index (Phi) is 3.20. The van der Waals surface area contributed by atoms with E-state index < -0.39 is 0 Å². The smallest absolute Gasteiger partial charge is 0.101 e. The molecule has 1 aromatic carbocycles. The van der Waals surface area contributed by atoms with E-state index in [1.54, 1.807) is 12.1 Å². The third kappa shape index (κ3) is 2.28. The third-order valence-corrected chi connectivity index (χ3v) is 2.99. The fourth-order valence-corrected chi connectivity index (χ4v) is 1.69. The molecule has 0 unspecified atom stereocenters. The molecular formula is C13H15N5. The van der Waals surface area contributed by atoms with Crippen LogP contribution in [0.15, 0.2) is 24.4 Å². The molecule has 0 radical (unpaired) electrons. The zero-order valence-electron chi connectivity index (χ0n) is 10.4. The molecule has 0 aliphatic rings. The van der Waals surface area contributed by atoms with E-state index in [-0.39, 0.29) is 0 Å². The van der Waals surface area contributed by atoms with Crippen LogP contribution in [-0.4, -0.2) is 9.78 Å². The number of hydrogen-bond acceptors (Lipinski definition) is 4. The third-order valence-electron chi connectivity index (χ3n) is 2.99. The van der Waals surface area contributed by atoms with E-state index in [1.165, 1.54) is 0 Å². The van der Waals surface area contributed by atoms with Crippen molar-refractivity contribution in [3.8, 4) is 6.07 Å². The molecule has 92 valence electrons. The van der Waals surface area contributed by atoms with Crippen molar-refractivity contribution in [2.45, 2.75) is 13.5 Å². The van der Waals surface area contributed by atoms with Crippen LogP contribution >= 0.6 is 0 Å². The lowest BCUT2D eigenvalue weighted by molar-refractivity contribution is 0.738. The van der Waals surface area contributed by atoms with Crippen molar-refractivity contribution >= 4 is 11.4 Å². The fraction of sp³-hybridized carbons (Fsp3) is 0.231. The number of aromatic nitrogens is 2. The minimum absolute atomic E-state index is 0.491. The van der Waals surface area contributed by atoms with Crippen LogP contribution in [0, 0.1) is 18.3 Å². The molecule has 18 heavy (non-hydrogen) atoms. The highest BCUT2D eigenvalue weighted by atomic mass is 15.3. The second kappa shape index (κ2) is 4.80. The zero-order chi connectivity index (χ0) is 13.1.